The summed E-state index contributed by atoms with van der Waals surface area (Å²) >= 11 is 7.82. The van der Waals surface area contributed by atoms with Gasteiger partial charge in [0.15, 0.2) is 0 Å². The van der Waals surface area contributed by atoms with E-state index in [1.807, 2.05) is 13.0 Å². The largest absolute Gasteiger partial charge is 0.321 e. The summed E-state index contributed by atoms with van der Waals surface area (Å²) in [6, 6.07) is 6.16. The molecule has 0 radical (unpaired) electrons. The van der Waals surface area contributed by atoms with Crippen LogP contribution < -0.4 is 5.32 Å². The highest BCUT2D eigenvalue weighted by atomic mass is 79.9. The maximum atomic E-state index is 13.1. The molecule has 0 saturated heterocycles. The third-order valence-electron chi connectivity index (χ3n) is 2.26. The molecule has 18 heavy (non-hydrogen) atoms. The molecular formula is C12H8Br2FNOS. The molecule has 1 aromatic carbocycles. The highest BCUT2D eigenvalue weighted by molar-refractivity contribution is 9.11. The highest BCUT2D eigenvalue weighted by Crippen LogP contribution is 2.28. The van der Waals surface area contributed by atoms with Gasteiger partial charge in [0.25, 0.3) is 5.91 Å². The molecule has 1 N–H and O–H groups in total. The molecule has 0 aliphatic heterocycles. The van der Waals surface area contributed by atoms with Crippen LogP contribution in [0.5, 0.6) is 0 Å². The molecule has 1 aromatic heterocycles. The van der Waals surface area contributed by atoms with Crippen LogP contribution in [0.1, 0.15) is 15.2 Å². The van der Waals surface area contributed by atoms with Gasteiger partial charge in [-0.3, -0.25) is 4.79 Å². The lowest BCUT2D eigenvalue weighted by Gasteiger charge is -2.04. The molecule has 0 fully saturated rings. The standard InChI is InChI=1S/C12H8Br2FNOS/c1-6-4-10(18-11(6)14)12(17)16-7-2-3-9(15)8(13)5-7/h2-5H,1H3,(H,16,17). The second kappa shape index (κ2) is 5.50. The molecule has 0 spiro atoms. The van der Waals surface area contributed by atoms with Gasteiger partial charge in [0.1, 0.15) is 5.82 Å². The predicted molar refractivity (Wildman–Crippen MR) is 78.8 cm³/mol. The third-order valence-corrected chi connectivity index (χ3v) is 5.00. The Bertz CT molecular complexity index is 593. The molecule has 0 unspecified atom stereocenters. The Morgan fingerprint density at radius 2 is 2.06 bits per heavy atom. The number of amides is 1. The van der Waals surface area contributed by atoms with Crippen LogP contribution in [0.4, 0.5) is 10.1 Å². The van der Waals surface area contributed by atoms with Gasteiger partial charge in [0, 0.05) is 5.69 Å². The van der Waals surface area contributed by atoms with E-state index in [2.05, 4.69) is 37.2 Å². The van der Waals surface area contributed by atoms with Crippen molar-refractivity contribution in [2.75, 3.05) is 5.32 Å². The SMILES string of the molecule is Cc1cc(C(=O)Nc2ccc(F)c(Br)c2)sc1Br. The molecule has 0 aliphatic rings. The summed E-state index contributed by atoms with van der Waals surface area (Å²) in [5.41, 5.74) is 1.57. The summed E-state index contributed by atoms with van der Waals surface area (Å²) in [7, 11) is 0. The Morgan fingerprint density at radius 3 is 2.61 bits per heavy atom. The van der Waals surface area contributed by atoms with E-state index in [4.69, 9.17) is 0 Å². The Kier molecular flexibility index (Phi) is 4.19. The van der Waals surface area contributed by atoms with Gasteiger partial charge in [-0.15, -0.1) is 11.3 Å². The van der Waals surface area contributed by atoms with Gasteiger partial charge in [0.05, 0.1) is 13.1 Å². The number of carbonyl (C=O) groups excluding carboxylic acids is 1. The number of aryl methyl sites for hydroxylation is 1. The molecule has 94 valence electrons. The second-order valence-corrected chi connectivity index (χ2v) is 6.87. The summed E-state index contributed by atoms with van der Waals surface area (Å²) in [5, 5.41) is 2.72. The molecule has 6 heteroatoms. The zero-order valence-electron chi connectivity index (χ0n) is 9.26. The van der Waals surface area contributed by atoms with Crippen molar-refractivity contribution in [1.29, 1.82) is 0 Å². The zero-order chi connectivity index (χ0) is 13.3. The van der Waals surface area contributed by atoms with Crippen LogP contribution in [0.3, 0.4) is 0 Å². The Hall–Kier alpha value is -0.720. The average molecular weight is 393 g/mol. The van der Waals surface area contributed by atoms with Crippen molar-refractivity contribution in [2.24, 2.45) is 0 Å². The molecule has 0 atom stereocenters. The molecule has 1 heterocycles. The lowest BCUT2D eigenvalue weighted by molar-refractivity contribution is 0.103. The van der Waals surface area contributed by atoms with Crippen molar-refractivity contribution in [1.82, 2.24) is 0 Å². The van der Waals surface area contributed by atoms with E-state index in [0.717, 1.165) is 9.35 Å². The van der Waals surface area contributed by atoms with Crippen LogP contribution in [0.2, 0.25) is 0 Å². The van der Waals surface area contributed by atoms with E-state index >= 15 is 0 Å². The summed E-state index contributed by atoms with van der Waals surface area (Å²) < 4.78 is 14.3. The van der Waals surface area contributed by atoms with Crippen LogP contribution in [-0.2, 0) is 0 Å². The zero-order valence-corrected chi connectivity index (χ0v) is 13.2. The van der Waals surface area contributed by atoms with Crippen molar-refractivity contribution in [2.45, 2.75) is 6.92 Å². The van der Waals surface area contributed by atoms with E-state index in [1.54, 1.807) is 0 Å². The second-order valence-electron chi connectivity index (χ2n) is 3.65. The quantitative estimate of drug-likeness (QED) is 0.767. The van der Waals surface area contributed by atoms with Crippen molar-refractivity contribution < 1.29 is 9.18 Å². The van der Waals surface area contributed by atoms with Gasteiger partial charge in [-0.2, -0.15) is 0 Å². The number of benzene rings is 1. The van der Waals surface area contributed by atoms with E-state index < -0.39 is 0 Å². The molecule has 2 rings (SSSR count). The van der Waals surface area contributed by atoms with Crippen molar-refractivity contribution >= 4 is 54.8 Å². The van der Waals surface area contributed by atoms with Crippen LogP contribution in [0.25, 0.3) is 0 Å². The fourth-order valence-electron chi connectivity index (χ4n) is 1.34. The summed E-state index contributed by atoms with van der Waals surface area (Å²) in [4.78, 5) is 12.6. The average Bonchev–Trinajstić information content (AvgIpc) is 2.65. The topological polar surface area (TPSA) is 29.1 Å². The molecule has 0 bridgehead atoms. The first-order valence-electron chi connectivity index (χ1n) is 4.99. The minimum absolute atomic E-state index is 0.202. The first kappa shape index (κ1) is 13.7. The number of anilines is 1. The predicted octanol–water partition coefficient (Wildman–Crippen LogP) is 4.97. The monoisotopic (exact) mass is 391 g/mol. The number of rotatable bonds is 2. The number of hydrogen-bond donors (Lipinski definition) is 1. The van der Waals surface area contributed by atoms with E-state index in [9.17, 15) is 9.18 Å². The third kappa shape index (κ3) is 2.99. The lowest BCUT2D eigenvalue weighted by atomic mass is 10.3. The molecular weight excluding hydrogens is 385 g/mol. The van der Waals surface area contributed by atoms with Gasteiger partial charge in [-0.25, -0.2) is 4.39 Å². The van der Waals surface area contributed by atoms with Crippen LogP contribution in [-0.4, -0.2) is 5.91 Å². The normalized spacial score (nSPS) is 10.4. The van der Waals surface area contributed by atoms with Gasteiger partial charge in [-0.05, 0) is 68.6 Å². The van der Waals surface area contributed by atoms with Crippen LogP contribution in [0, 0.1) is 12.7 Å². The van der Waals surface area contributed by atoms with Crippen molar-refractivity contribution in [3.8, 4) is 0 Å². The Labute approximate surface area is 124 Å². The maximum absolute atomic E-state index is 13.1. The van der Waals surface area contributed by atoms with E-state index in [0.29, 0.717) is 15.0 Å². The maximum Gasteiger partial charge on any atom is 0.265 e. The summed E-state index contributed by atoms with van der Waals surface area (Å²) in [6.07, 6.45) is 0. The number of nitrogens with one attached hydrogen (secondary N) is 1. The van der Waals surface area contributed by atoms with Gasteiger partial charge in [-0.1, -0.05) is 0 Å². The molecule has 0 saturated carbocycles. The number of hydrogen-bond acceptors (Lipinski definition) is 2. The van der Waals surface area contributed by atoms with Crippen LogP contribution >= 0.6 is 43.2 Å². The van der Waals surface area contributed by atoms with Gasteiger partial charge < -0.3 is 5.32 Å². The fraction of sp³-hybridized carbons (Fsp3) is 0.0833. The van der Waals surface area contributed by atoms with Gasteiger partial charge in [0.2, 0.25) is 0 Å². The first-order chi connectivity index (χ1) is 8.47. The molecule has 2 nitrogen and oxygen atoms in total. The van der Waals surface area contributed by atoms with Crippen molar-refractivity contribution in [3.63, 3.8) is 0 Å². The van der Waals surface area contributed by atoms with Crippen molar-refractivity contribution in [3.05, 3.63) is 48.8 Å². The smallest absolute Gasteiger partial charge is 0.265 e. The van der Waals surface area contributed by atoms with Crippen LogP contribution in [0.15, 0.2) is 32.5 Å². The minimum atomic E-state index is -0.359. The first-order valence-corrected chi connectivity index (χ1v) is 7.40. The highest BCUT2D eigenvalue weighted by Gasteiger charge is 2.12. The van der Waals surface area contributed by atoms with E-state index in [1.165, 1.54) is 29.5 Å². The lowest BCUT2D eigenvalue weighted by Crippen LogP contribution is -2.10. The van der Waals surface area contributed by atoms with E-state index in [-0.39, 0.29) is 11.7 Å². The summed E-state index contributed by atoms with van der Waals surface area (Å²) in [6.45, 7) is 1.92. The molecule has 2 aromatic rings. The van der Waals surface area contributed by atoms with Gasteiger partial charge >= 0.3 is 0 Å². The Balaban J connectivity index is 2.18. The number of halogens is 3. The molecule has 0 aliphatic carbocycles. The Morgan fingerprint density at radius 1 is 1.33 bits per heavy atom. The fourth-order valence-corrected chi connectivity index (χ4v) is 3.15. The minimum Gasteiger partial charge on any atom is -0.321 e. The number of thiophene rings is 1. The molecule has 1 amide bonds. The number of carbonyl (C=O) groups is 1. The summed E-state index contributed by atoms with van der Waals surface area (Å²) in [5.74, 6) is -0.560.